The fourth-order valence-electron chi connectivity index (χ4n) is 2.37. The second-order valence-electron chi connectivity index (χ2n) is 6.19. The van der Waals surface area contributed by atoms with E-state index in [2.05, 4.69) is 21.1 Å². The van der Waals surface area contributed by atoms with Gasteiger partial charge in [-0.25, -0.2) is 10.9 Å². The Labute approximate surface area is 180 Å². The summed E-state index contributed by atoms with van der Waals surface area (Å²) in [5, 5.41) is 8.93. The van der Waals surface area contributed by atoms with Crippen molar-refractivity contribution in [3.8, 4) is 0 Å². The molecule has 2 N–H and O–H groups in total. The van der Waals surface area contributed by atoms with Gasteiger partial charge in [-0.3, -0.25) is 9.59 Å². The summed E-state index contributed by atoms with van der Waals surface area (Å²) < 4.78 is 0. The first-order chi connectivity index (χ1) is 14.1. The quantitative estimate of drug-likeness (QED) is 0.328. The summed E-state index contributed by atoms with van der Waals surface area (Å²) in [6.45, 7) is 0. The summed E-state index contributed by atoms with van der Waals surface area (Å²) in [5.41, 5.74) is 6.41. The van der Waals surface area contributed by atoms with Crippen molar-refractivity contribution in [3.05, 3.63) is 69.7 Å². The van der Waals surface area contributed by atoms with Gasteiger partial charge in [-0.15, -0.1) is 0 Å². The van der Waals surface area contributed by atoms with E-state index in [0.717, 1.165) is 17.5 Å². The molecule has 0 aliphatic rings. The van der Waals surface area contributed by atoms with Crippen LogP contribution in [0.15, 0.2) is 58.7 Å². The number of hydrazone groups is 2. The molecule has 0 heterocycles. The molecular formula is C21H22Cl2N4O2. The highest BCUT2D eigenvalue weighted by Gasteiger charge is 2.03. The van der Waals surface area contributed by atoms with Crippen molar-refractivity contribution >= 4 is 47.4 Å². The van der Waals surface area contributed by atoms with Crippen LogP contribution in [0.3, 0.4) is 0 Å². The summed E-state index contributed by atoms with van der Waals surface area (Å²) in [7, 11) is 0. The molecule has 0 saturated heterocycles. The van der Waals surface area contributed by atoms with Crippen LogP contribution in [0, 0.1) is 0 Å². The summed E-state index contributed by atoms with van der Waals surface area (Å²) in [6, 6.07) is 14.4. The highest BCUT2D eigenvalue weighted by Crippen LogP contribution is 2.13. The van der Waals surface area contributed by atoms with E-state index in [1.54, 1.807) is 12.1 Å². The molecule has 29 heavy (non-hydrogen) atoms. The minimum atomic E-state index is -0.179. The summed E-state index contributed by atoms with van der Waals surface area (Å²) in [5.74, 6) is -0.357. The van der Waals surface area contributed by atoms with Crippen LogP contribution in [-0.4, -0.2) is 24.2 Å². The second kappa shape index (κ2) is 12.7. The Hall–Kier alpha value is -2.70. The Morgan fingerprint density at radius 2 is 1.14 bits per heavy atom. The van der Waals surface area contributed by atoms with Gasteiger partial charge in [0.05, 0.1) is 12.4 Å². The largest absolute Gasteiger partial charge is 0.273 e. The van der Waals surface area contributed by atoms with E-state index in [1.165, 1.54) is 12.4 Å². The van der Waals surface area contributed by atoms with Gasteiger partial charge in [0.15, 0.2) is 0 Å². The Bertz CT molecular complexity index is 813. The molecule has 0 bridgehead atoms. The summed E-state index contributed by atoms with van der Waals surface area (Å²) in [4.78, 5) is 23.5. The van der Waals surface area contributed by atoms with Crippen molar-refractivity contribution in [2.75, 3.05) is 0 Å². The van der Waals surface area contributed by atoms with Crippen molar-refractivity contribution < 1.29 is 9.59 Å². The van der Waals surface area contributed by atoms with Crippen LogP contribution in [0.4, 0.5) is 0 Å². The highest BCUT2D eigenvalue weighted by atomic mass is 35.5. The van der Waals surface area contributed by atoms with E-state index in [-0.39, 0.29) is 11.8 Å². The fraction of sp³-hybridized carbons (Fsp3) is 0.238. The molecule has 0 saturated carbocycles. The lowest BCUT2D eigenvalue weighted by Gasteiger charge is -2.02. The predicted octanol–water partition coefficient (Wildman–Crippen LogP) is 4.54. The molecule has 152 valence electrons. The number of carbonyl (C=O) groups excluding carboxylic acids is 2. The number of carbonyl (C=O) groups is 2. The average molecular weight is 433 g/mol. The molecule has 0 atom stereocenters. The first kappa shape index (κ1) is 22.6. The monoisotopic (exact) mass is 432 g/mol. The lowest BCUT2D eigenvalue weighted by atomic mass is 10.1. The van der Waals surface area contributed by atoms with Gasteiger partial charge in [-0.2, -0.15) is 10.2 Å². The lowest BCUT2D eigenvalue weighted by Crippen LogP contribution is -2.18. The fourth-order valence-corrected chi connectivity index (χ4v) is 2.74. The Kier molecular flexibility index (Phi) is 9.89. The van der Waals surface area contributed by atoms with Crippen LogP contribution in [0.2, 0.25) is 10.0 Å². The SMILES string of the molecule is O=C(CCCCCC(=O)N/N=C/c1ccccc1Cl)N/N=C/c1ccccc1Cl. The molecule has 0 radical (unpaired) electrons. The van der Waals surface area contributed by atoms with Crippen LogP contribution in [-0.2, 0) is 9.59 Å². The minimum absolute atomic E-state index is 0.179. The van der Waals surface area contributed by atoms with Crippen molar-refractivity contribution in [1.82, 2.24) is 10.9 Å². The first-order valence-electron chi connectivity index (χ1n) is 9.19. The van der Waals surface area contributed by atoms with Crippen molar-refractivity contribution in [2.24, 2.45) is 10.2 Å². The van der Waals surface area contributed by atoms with Gasteiger partial charge in [0.1, 0.15) is 0 Å². The molecule has 0 unspecified atom stereocenters. The van der Waals surface area contributed by atoms with Gasteiger partial charge in [-0.05, 0) is 25.0 Å². The Morgan fingerprint density at radius 3 is 1.55 bits per heavy atom. The Balaban J connectivity index is 1.56. The number of unbranched alkanes of at least 4 members (excludes halogenated alkanes) is 2. The molecule has 0 aliphatic heterocycles. The lowest BCUT2D eigenvalue weighted by molar-refractivity contribution is -0.121. The van der Waals surface area contributed by atoms with E-state index in [4.69, 9.17) is 23.2 Å². The smallest absolute Gasteiger partial charge is 0.240 e. The molecule has 2 amide bonds. The van der Waals surface area contributed by atoms with Gasteiger partial charge in [0.25, 0.3) is 0 Å². The van der Waals surface area contributed by atoms with E-state index in [9.17, 15) is 9.59 Å². The maximum absolute atomic E-state index is 11.8. The third kappa shape index (κ3) is 8.89. The zero-order chi connectivity index (χ0) is 20.9. The third-order valence-electron chi connectivity index (χ3n) is 3.90. The zero-order valence-electron chi connectivity index (χ0n) is 15.8. The number of halogens is 2. The van der Waals surface area contributed by atoms with E-state index >= 15 is 0 Å². The molecular weight excluding hydrogens is 411 g/mol. The van der Waals surface area contributed by atoms with Gasteiger partial charge < -0.3 is 0 Å². The molecule has 0 aromatic heterocycles. The molecule has 2 rings (SSSR count). The maximum atomic E-state index is 11.8. The number of rotatable bonds is 10. The molecule has 0 aliphatic carbocycles. The maximum Gasteiger partial charge on any atom is 0.240 e. The standard InChI is InChI=1S/C21H22Cl2N4O2/c22-18-10-6-4-8-16(18)14-24-26-20(28)12-2-1-3-13-21(29)27-25-15-17-9-5-7-11-19(17)23/h4-11,14-15H,1-3,12-13H2,(H,26,28)(H,27,29)/b24-14+,25-15+. The molecule has 2 aromatic carbocycles. The average Bonchev–Trinajstić information content (AvgIpc) is 2.70. The van der Waals surface area contributed by atoms with Crippen LogP contribution in [0.5, 0.6) is 0 Å². The van der Waals surface area contributed by atoms with Gasteiger partial charge in [-0.1, -0.05) is 66.0 Å². The number of nitrogens with zero attached hydrogens (tertiary/aromatic N) is 2. The van der Waals surface area contributed by atoms with E-state index in [1.807, 2.05) is 36.4 Å². The molecule has 8 heteroatoms. The molecule has 0 spiro atoms. The number of hydrogen-bond acceptors (Lipinski definition) is 4. The Morgan fingerprint density at radius 1 is 0.724 bits per heavy atom. The zero-order valence-corrected chi connectivity index (χ0v) is 17.3. The van der Waals surface area contributed by atoms with Gasteiger partial charge in [0, 0.05) is 34.0 Å². The third-order valence-corrected chi connectivity index (χ3v) is 4.59. The number of amides is 2. The van der Waals surface area contributed by atoms with E-state index < -0.39 is 0 Å². The van der Waals surface area contributed by atoms with Crippen molar-refractivity contribution in [3.63, 3.8) is 0 Å². The summed E-state index contributed by atoms with van der Waals surface area (Å²) >= 11 is 12.0. The minimum Gasteiger partial charge on any atom is -0.273 e. The number of benzene rings is 2. The first-order valence-corrected chi connectivity index (χ1v) is 9.94. The van der Waals surface area contributed by atoms with Crippen LogP contribution in [0.1, 0.15) is 43.2 Å². The summed E-state index contributed by atoms with van der Waals surface area (Å²) in [6.07, 6.45) is 5.79. The predicted molar refractivity (Wildman–Crippen MR) is 117 cm³/mol. The van der Waals surface area contributed by atoms with Crippen LogP contribution < -0.4 is 10.9 Å². The molecule has 6 nitrogen and oxygen atoms in total. The van der Waals surface area contributed by atoms with Gasteiger partial charge in [0.2, 0.25) is 11.8 Å². The second-order valence-corrected chi connectivity index (χ2v) is 7.00. The van der Waals surface area contributed by atoms with Crippen molar-refractivity contribution in [1.29, 1.82) is 0 Å². The molecule has 2 aromatic rings. The number of hydrogen-bond donors (Lipinski definition) is 2. The molecule has 0 fully saturated rings. The highest BCUT2D eigenvalue weighted by molar-refractivity contribution is 6.33. The topological polar surface area (TPSA) is 82.9 Å². The van der Waals surface area contributed by atoms with Gasteiger partial charge >= 0.3 is 0 Å². The normalized spacial score (nSPS) is 11.1. The van der Waals surface area contributed by atoms with Crippen LogP contribution in [0.25, 0.3) is 0 Å². The van der Waals surface area contributed by atoms with E-state index in [0.29, 0.717) is 35.7 Å². The van der Waals surface area contributed by atoms with Crippen LogP contribution >= 0.6 is 23.2 Å². The number of nitrogens with one attached hydrogen (secondary N) is 2. The van der Waals surface area contributed by atoms with Crippen molar-refractivity contribution in [2.45, 2.75) is 32.1 Å².